The van der Waals surface area contributed by atoms with Crippen molar-refractivity contribution in [3.8, 4) is 34.0 Å². The van der Waals surface area contributed by atoms with Crippen molar-refractivity contribution in [1.29, 1.82) is 0 Å². The van der Waals surface area contributed by atoms with E-state index in [1.807, 2.05) is 42.5 Å². The topological polar surface area (TPSA) is 114 Å². The van der Waals surface area contributed by atoms with Crippen molar-refractivity contribution < 1.29 is 19.0 Å². The maximum Gasteiger partial charge on any atom is 0.304 e. The standard InChI is InChI=1S/C24H21FN4O3/c25-20-12-18(21-8-9-28-29-21)14-27-24(20)32-22-7-6-16(15-4-2-1-3-5-15)10-17(22)11-19(26)13-23(30)31/h1-10,12,14,19H,11,13,26H2,(H,28,29)(H,30,31)/t19-/m1/s1. The highest BCUT2D eigenvalue weighted by molar-refractivity contribution is 5.68. The molecule has 8 heteroatoms. The molecule has 7 nitrogen and oxygen atoms in total. The van der Waals surface area contributed by atoms with Gasteiger partial charge in [0.25, 0.3) is 5.88 Å². The van der Waals surface area contributed by atoms with Crippen LogP contribution in [0.2, 0.25) is 0 Å². The Kier molecular flexibility index (Phi) is 6.23. The van der Waals surface area contributed by atoms with E-state index in [-0.39, 0.29) is 18.7 Å². The summed E-state index contributed by atoms with van der Waals surface area (Å²) in [5.41, 5.74) is 9.77. The average molecular weight is 432 g/mol. The zero-order valence-electron chi connectivity index (χ0n) is 17.0. The second-order valence-corrected chi connectivity index (χ2v) is 7.33. The normalized spacial score (nSPS) is 11.8. The summed E-state index contributed by atoms with van der Waals surface area (Å²) < 4.78 is 20.5. The summed E-state index contributed by atoms with van der Waals surface area (Å²) in [5.74, 6) is -1.44. The number of rotatable bonds is 8. The highest BCUT2D eigenvalue weighted by Gasteiger charge is 2.17. The van der Waals surface area contributed by atoms with E-state index in [0.29, 0.717) is 22.6 Å². The summed E-state index contributed by atoms with van der Waals surface area (Å²) >= 11 is 0. The maximum absolute atomic E-state index is 14.7. The van der Waals surface area contributed by atoms with Crippen LogP contribution in [0.1, 0.15) is 12.0 Å². The molecule has 0 saturated carbocycles. The fourth-order valence-corrected chi connectivity index (χ4v) is 3.40. The molecule has 0 unspecified atom stereocenters. The average Bonchev–Trinajstić information content (AvgIpc) is 3.31. The SMILES string of the molecule is N[C@@H](CC(=O)O)Cc1cc(-c2ccccc2)ccc1Oc1ncc(-c2ccn[nH]2)cc1F. The molecule has 1 atom stereocenters. The summed E-state index contributed by atoms with van der Waals surface area (Å²) in [4.78, 5) is 15.2. The number of carbonyl (C=O) groups is 1. The minimum atomic E-state index is -0.985. The molecule has 4 aromatic rings. The molecule has 4 rings (SSSR count). The number of aliphatic carboxylic acids is 1. The summed E-state index contributed by atoms with van der Waals surface area (Å²) in [6, 6.07) is 17.6. The van der Waals surface area contributed by atoms with Gasteiger partial charge in [0, 0.05) is 24.0 Å². The first-order valence-electron chi connectivity index (χ1n) is 9.98. The molecule has 0 aliphatic rings. The van der Waals surface area contributed by atoms with Crippen molar-refractivity contribution in [3.63, 3.8) is 0 Å². The molecule has 162 valence electrons. The lowest BCUT2D eigenvalue weighted by Crippen LogP contribution is -2.26. The van der Waals surface area contributed by atoms with Gasteiger partial charge in [-0.3, -0.25) is 9.89 Å². The molecule has 4 N–H and O–H groups in total. The van der Waals surface area contributed by atoms with Crippen LogP contribution in [-0.4, -0.2) is 32.3 Å². The number of aromatic nitrogens is 3. The molecule has 2 aromatic carbocycles. The van der Waals surface area contributed by atoms with Crippen molar-refractivity contribution in [1.82, 2.24) is 15.2 Å². The van der Waals surface area contributed by atoms with Crippen LogP contribution in [-0.2, 0) is 11.2 Å². The van der Waals surface area contributed by atoms with Gasteiger partial charge in [-0.05, 0) is 47.4 Å². The molecule has 0 radical (unpaired) electrons. The number of carboxylic acids is 1. The van der Waals surface area contributed by atoms with E-state index in [4.69, 9.17) is 15.6 Å². The Hall–Kier alpha value is -4.04. The largest absolute Gasteiger partial charge is 0.481 e. The molecular weight excluding hydrogens is 411 g/mol. The molecule has 2 aromatic heterocycles. The lowest BCUT2D eigenvalue weighted by molar-refractivity contribution is -0.137. The van der Waals surface area contributed by atoms with Gasteiger partial charge in [-0.25, -0.2) is 9.37 Å². The van der Waals surface area contributed by atoms with Gasteiger partial charge in [-0.2, -0.15) is 5.10 Å². The summed E-state index contributed by atoms with van der Waals surface area (Å²) in [6.45, 7) is 0. The van der Waals surface area contributed by atoms with E-state index in [1.54, 1.807) is 18.3 Å². The van der Waals surface area contributed by atoms with E-state index in [2.05, 4.69) is 15.2 Å². The minimum absolute atomic E-state index is 0.186. The Bertz CT molecular complexity index is 1210. The fraction of sp³-hybridized carbons (Fsp3) is 0.125. The number of ether oxygens (including phenoxy) is 1. The van der Waals surface area contributed by atoms with Crippen LogP contribution in [0.5, 0.6) is 11.6 Å². The number of pyridine rings is 1. The molecule has 0 aliphatic heterocycles. The van der Waals surface area contributed by atoms with Crippen LogP contribution < -0.4 is 10.5 Å². The van der Waals surface area contributed by atoms with Crippen LogP contribution in [0.15, 0.2) is 73.1 Å². The van der Waals surface area contributed by atoms with Crippen LogP contribution in [0.3, 0.4) is 0 Å². The van der Waals surface area contributed by atoms with E-state index in [0.717, 1.165) is 11.1 Å². The Morgan fingerprint density at radius 2 is 1.91 bits per heavy atom. The third-order valence-corrected chi connectivity index (χ3v) is 4.91. The summed E-state index contributed by atoms with van der Waals surface area (Å²) in [5, 5.41) is 15.7. The third-order valence-electron chi connectivity index (χ3n) is 4.91. The quantitative estimate of drug-likeness (QED) is 0.380. The fourth-order valence-electron chi connectivity index (χ4n) is 3.40. The van der Waals surface area contributed by atoms with Gasteiger partial charge >= 0.3 is 5.97 Å². The van der Waals surface area contributed by atoms with E-state index < -0.39 is 17.8 Å². The Morgan fingerprint density at radius 1 is 1.09 bits per heavy atom. The third kappa shape index (κ3) is 4.98. The maximum atomic E-state index is 14.7. The van der Waals surface area contributed by atoms with Gasteiger partial charge in [0.2, 0.25) is 0 Å². The predicted octanol–water partition coefficient (Wildman–Crippen LogP) is 4.41. The van der Waals surface area contributed by atoms with Crippen molar-refractivity contribution in [3.05, 3.63) is 84.4 Å². The molecule has 0 fully saturated rings. The first-order chi connectivity index (χ1) is 15.5. The van der Waals surface area contributed by atoms with Crippen LogP contribution in [0, 0.1) is 5.82 Å². The first kappa shape index (κ1) is 21.2. The van der Waals surface area contributed by atoms with E-state index in [9.17, 15) is 9.18 Å². The molecule has 32 heavy (non-hydrogen) atoms. The van der Waals surface area contributed by atoms with Gasteiger partial charge in [0.05, 0.1) is 12.1 Å². The zero-order valence-corrected chi connectivity index (χ0v) is 17.0. The van der Waals surface area contributed by atoms with Gasteiger partial charge in [0.1, 0.15) is 5.75 Å². The van der Waals surface area contributed by atoms with Crippen molar-refractivity contribution in [2.75, 3.05) is 0 Å². The number of benzene rings is 2. The van der Waals surface area contributed by atoms with Crippen molar-refractivity contribution in [2.45, 2.75) is 18.9 Å². The molecule has 0 saturated heterocycles. The van der Waals surface area contributed by atoms with Gasteiger partial charge in [-0.1, -0.05) is 36.4 Å². The molecule has 2 heterocycles. The highest BCUT2D eigenvalue weighted by atomic mass is 19.1. The Morgan fingerprint density at radius 3 is 2.59 bits per heavy atom. The molecule has 0 aliphatic carbocycles. The van der Waals surface area contributed by atoms with E-state index in [1.165, 1.54) is 12.3 Å². The number of nitrogens with two attached hydrogens (primary N) is 1. The number of nitrogens with one attached hydrogen (secondary N) is 1. The first-order valence-corrected chi connectivity index (χ1v) is 9.98. The van der Waals surface area contributed by atoms with E-state index >= 15 is 0 Å². The van der Waals surface area contributed by atoms with Crippen molar-refractivity contribution in [2.24, 2.45) is 5.73 Å². The summed E-state index contributed by atoms with van der Waals surface area (Å²) in [7, 11) is 0. The number of aromatic amines is 1. The van der Waals surface area contributed by atoms with Crippen molar-refractivity contribution >= 4 is 5.97 Å². The number of hydrogen-bond donors (Lipinski definition) is 3. The number of halogens is 1. The number of carboxylic acid groups (broad SMARTS) is 1. The Balaban J connectivity index is 1.65. The monoisotopic (exact) mass is 432 g/mol. The van der Waals surface area contributed by atoms with Crippen LogP contribution in [0.4, 0.5) is 4.39 Å². The van der Waals surface area contributed by atoms with Crippen LogP contribution >= 0.6 is 0 Å². The lowest BCUT2D eigenvalue weighted by atomic mass is 9.97. The molecule has 0 bridgehead atoms. The minimum Gasteiger partial charge on any atom is -0.481 e. The molecule has 0 spiro atoms. The zero-order chi connectivity index (χ0) is 22.5. The smallest absolute Gasteiger partial charge is 0.304 e. The lowest BCUT2D eigenvalue weighted by Gasteiger charge is -2.16. The summed E-state index contributed by atoms with van der Waals surface area (Å²) in [6.07, 6.45) is 3.11. The Labute approximate surface area is 183 Å². The molecule has 0 amide bonds. The highest BCUT2D eigenvalue weighted by Crippen LogP contribution is 2.32. The second-order valence-electron chi connectivity index (χ2n) is 7.33. The predicted molar refractivity (Wildman–Crippen MR) is 118 cm³/mol. The van der Waals surface area contributed by atoms with Gasteiger partial charge in [0.15, 0.2) is 5.82 Å². The number of nitrogens with zero attached hydrogens (tertiary/aromatic N) is 2. The van der Waals surface area contributed by atoms with Gasteiger partial charge < -0.3 is 15.6 Å². The van der Waals surface area contributed by atoms with Gasteiger partial charge in [-0.15, -0.1) is 0 Å². The second kappa shape index (κ2) is 9.40. The molecular formula is C24H21FN4O3. The number of H-pyrrole nitrogens is 1. The number of hydrogen-bond acceptors (Lipinski definition) is 5. The van der Waals surface area contributed by atoms with Crippen LogP contribution in [0.25, 0.3) is 22.4 Å².